The van der Waals surface area contributed by atoms with Crippen LogP contribution in [0.25, 0.3) is 0 Å². The predicted molar refractivity (Wildman–Crippen MR) is 161 cm³/mol. The van der Waals surface area contributed by atoms with Crippen molar-refractivity contribution in [1.82, 2.24) is 0 Å². The van der Waals surface area contributed by atoms with Crippen LogP contribution in [0, 0.1) is 5.92 Å². The van der Waals surface area contributed by atoms with Gasteiger partial charge >= 0.3 is 5.97 Å². The molecule has 0 aliphatic rings. The monoisotopic (exact) mass is 509 g/mol. The molecule has 1 atom stereocenters. The second-order valence-corrected chi connectivity index (χ2v) is 11.8. The van der Waals surface area contributed by atoms with E-state index in [-0.39, 0.29) is 5.92 Å². The molecule has 1 unspecified atom stereocenters. The van der Waals surface area contributed by atoms with Gasteiger partial charge in [0.25, 0.3) is 0 Å². The van der Waals surface area contributed by atoms with Gasteiger partial charge in [-0.15, -0.1) is 0 Å². The van der Waals surface area contributed by atoms with Crippen LogP contribution in [0.4, 0.5) is 0 Å². The SMILES string of the molecule is CCCCCCCCCCCCCCCCCCCCCCCC(CCCCCCCCC)C(=O)O. The van der Waals surface area contributed by atoms with Crippen LogP contribution in [0.3, 0.4) is 0 Å². The highest BCUT2D eigenvalue weighted by atomic mass is 16.4. The van der Waals surface area contributed by atoms with Crippen LogP contribution in [-0.4, -0.2) is 11.1 Å². The van der Waals surface area contributed by atoms with E-state index in [1.807, 2.05) is 0 Å². The van der Waals surface area contributed by atoms with E-state index in [1.165, 1.54) is 167 Å². The summed E-state index contributed by atoms with van der Waals surface area (Å²) in [5.41, 5.74) is 0. The molecule has 0 aliphatic carbocycles. The molecular weight excluding hydrogens is 440 g/mol. The van der Waals surface area contributed by atoms with E-state index < -0.39 is 5.97 Å². The topological polar surface area (TPSA) is 37.3 Å². The van der Waals surface area contributed by atoms with Gasteiger partial charge in [-0.1, -0.05) is 194 Å². The van der Waals surface area contributed by atoms with Crippen molar-refractivity contribution in [2.45, 2.75) is 206 Å². The number of carbonyl (C=O) groups is 1. The maximum Gasteiger partial charge on any atom is 0.306 e. The molecule has 0 aromatic carbocycles. The highest BCUT2D eigenvalue weighted by molar-refractivity contribution is 5.69. The van der Waals surface area contributed by atoms with Crippen LogP contribution < -0.4 is 0 Å². The maximum absolute atomic E-state index is 11.5. The van der Waals surface area contributed by atoms with Crippen LogP contribution in [0.15, 0.2) is 0 Å². The molecule has 0 aromatic rings. The molecule has 2 nitrogen and oxygen atoms in total. The number of carboxylic acids is 1. The first-order valence-electron chi connectivity index (χ1n) is 16.9. The minimum Gasteiger partial charge on any atom is -0.481 e. The van der Waals surface area contributed by atoms with Crippen LogP contribution in [-0.2, 0) is 4.79 Å². The Labute approximate surface area is 228 Å². The first kappa shape index (κ1) is 35.5. The highest BCUT2D eigenvalue weighted by Crippen LogP contribution is 2.20. The van der Waals surface area contributed by atoms with Crippen molar-refractivity contribution in [1.29, 1.82) is 0 Å². The van der Waals surface area contributed by atoms with Gasteiger partial charge in [-0.2, -0.15) is 0 Å². The third-order valence-corrected chi connectivity index (χ3v) is 8.16. The van der Waals surface area contributed by atoms with Gasteiger partial charge in [-0.3, -0.25) is 4.79 Å². The predicted octanol–water partition coefficient (Wildman–Crippen LogP) is 12.4. The smallest absolute Gasteiger partial charge is 0.306 e. The lowest BCUT2D eigenvalue weighted by Gasteiger charge is -2.12. The summed E-state index contributed by atoms with van der Waals surface area (Å²) in [6.07, 6.45) is 40.1. The Morgan fingerprint density at radius 1 is 0.389 bits per heavy atom. The quantitative estimate of drug-likeness (QED) is 0.0945. The van der Waals surface area contributed by atoms with Crippen molar-refractivity contribution in [3.05, 3.63) is 0 Å². The Morgan fingerprint density at radius 3 is 0.778 bits per heavy atom. The van der Waals surface area contributed by atoms with Crippen molar-refractivity contribution in [3.63, 3.8) is 0 Å². The van der Waals surface area contributed by atoms with E-state index in [1.54, 1.807) is 0 Å². The van der Waals surface area contributed by atoms with Crippen LogP contribution in [0.1, 0.15) is 206 Å². The molecule has 0 amide bonds. The fourth-order valence-corrected chi connectivity index (χ4v) is 5.56. The zero-order valence-corrected chi connectivity index (χ0v) is 25.1. The number of hydrogen-bond acceptors (Lipinski definition) is 1. The van der Waals surface area contributed by atoms with E-state index in [0.29, 0.717) is 0 Å². The van der Waals surface area contributed by atoms with Gasteiger partial charge < -0.3 is 5.11 Å². The summed E-state index contributed by atoms with van der Waals surface area (Å²) in [5, 5.41) is 9.51. The maximum atomic E-state index is 11.5. The van der Waals surface area contributed by atoms with E-state index in [0.717, 1.165) is 25.7 Å². The van der Waals surface area contributed by atoms with Crippen LogP contribution >= 0.6 is 0 Å². The van der Waals surface area contributed by atoms with E-state index in [2.05, 4.69) is 13.8 Å². The Morgan fingerprint density at radius 2 is 0.583 bits per heavy atom. The minimum atomic E-state index is -0.561. The van der Waals surface area contributed by atoms with Gasteiger partial charge in [0, 0.05) is 0 Å². The molecule has 216 valence electrons. The number of carboxylic acid groups (broad SMARTS) is 1. The lowest BCUT2D eigenvalue weighted by molar-refractivity contribution is -0.142. The van der Waals surface area contributed by atoms with Crippen molar-refractivity contribution < 1.29 is 9.90 Å². The standard InChI is InChI=1S/C34H68O2/c1-3-5-7-9-11-12-13-14-15-16-17-18-19-20-21-22-23-24-26-28-30-32-33(34(35)36)31-29-27-25-10-8-6-4-2/h33H,3-32H2,1-2H3,(H,35,36). The summed E-state index contributed by atoms with van der Waals surface area (Å²) < 4.78 is 0. The van der Waals surface area contributed by atoms with Gasteiger partial charge in [0.05, 0.1) is 5.92 Å². The molecule has 0 spiro atoms. The molecular formula is C34H68O2. The van der Waals surface area contributed by atoms with E-state index >= 15 is 0 Å². The fourth-order valence-electron chi connectivity index (χ4n) is 5.56. The third-order valence-electron chi connectivity index (χ3n) is 8.16. The molecule has 0 fully saturated rings. The number of aliphatic carboxylic acids is 1. The molecule has 0 saturated heterocycles. The number of hydrogen-bond donors (Lipinski definition) is 1. The molecule has 36 heavy (non-hydrogen) atoms. The summed E-state index contributed by atoms with van der Waals surface area (Å²) in [7, 11) is 0. The summed E-state index contributed by atoms with van der Waals surface area (Å²) in [4.78, 5) is 11.5. The van der Waals surface area contributed by atoms with Gasteiger partial charge in [-0.05, 0) is 12.8 Å². The normalized spacial score (nSPS) is 12.3. The average Bonchev–Trinajstić information content (AvgIpc) is 2.87. The molecule has 1 N–H and O–H groups in total. The highest BCUT2D eigenvalue weighted by Gasteiger charge is 2.16. The van der Waals surface area contributed by atoms with Crippen molar-refractivity contribution in [2.24, 2.45) is 5.92 Å². The first-order valence-corrected chi connectivity index (χ1v) is 16.9. The second kappa shape index (κ2) is 30.7. The molecule has 0 bridgehead atoms. The van der Waals surface area contributed by atoms with Crippen LogP contribution in [0.2, 0.25) is 0 Å². The zero-order valence-electron chi connectivity index (χ0n) is 25.1. The molecule has 0 aliphatic heterocycles. The largest absolute Gasteiger partial charge is 0.481 e. The number of rotatable bonds is 31. The Balaban J connectivity index is 3.29. The molecule has 0 aromatic heterocycles. The molecule has 2 heteroatoms. The lowest BCUT2D eigenvalue weighted by atomic mass is 9.94. The van der Waals surface area contributed by atoms with Crippen LogP contribution in [0.5, 0.6) is 0 Å². The average molecular weight is 509 g/mol. The Kier molecular flexibility index (Phi) is 30.2. The molecule has 0 heterocycles. The van der Waals surface area contributed by atoms with Crippen molar-refractivity contribution >= 4 is 5.97 Å². The van der Waals surface area contributed by atoms with Crippen molar-refractivity contribution in [3.8, 4) is 0 Å². The van der Waals surface area contributed by atoms with Crippen molar-refractivity contribution in [2.75, 3.05) is 0 Å². The molecule has 0 rings (SSSR count). The summed E-state index contributed by atoms with van der Waals surface area (Å²) in [5.74, 6) is -0.657. The first-order chi connectivity index (χ1) is 17.7. The molecule has 0 radical (unpaired) electrons. The Hall–Kier alpha value is -0.530. The van der Waals surface area contributed by atoms with Gasteiger partial charge in [0.2, 0.25) is 0 Å². The lowest BCUT2D eigenvalue weighted by Crippen LogP contribution is -2.13. The summed E-state index contributed by atoms with van der Waals surface area (Å²) in [6.45, 7) is 4.54. The van der Waals surface area contributed by atoms with Gasteiger partial charge in [0.15, 0.2) is 0 Å². The summed E-state index contributed by atoms with van der Waals surface area (Å²) in [6, 6.07) is 0. The van der Waals surface area contributed by atoms with E-state index in [4.69, 9.17) is 0 Å². The van der Waals surface area contributed by atoms with Gasteiger partial charge in [-0.25, -0.2) is 0 Å². The second-order valence-electron chi connectivity index (χ2n) is 11.8. The van der Waals surface area contributed by atoms with E-state index in [9.17, 15) is 9.90 Å². The summed E-state index contributed by atoms with van der Waals surface area (Å²) >= 11 is 0. The zero-order chi connectivity index (χ0) is 26.4. The minimum absolute atomic E-state index is 0.0963. The molecule has 0 saturated carbocycles. The Bertz CT molecular complexity index is 419. The number of unbranched alkanes of at least 4 members (excludes halogenated alkanes) is 26. The fraction of sp³-hybridized carbons (Fsp3) is 0.971. The van der Waals surface area contributed by atoms with Gasteiger partial charge in [0.1, 0.15) is 0 Å². The third kappa shape index (κ3) is 28.0.